The maximum absolute atomic E-state index is 13.7. The van der Waals surface area contributed by atoms with E-state index in [1.807, 2.05) is 11.4 Å². The standard InChI is InChI=1S/C15H10ClFN2OS/c1-20-13-3-2-9(6-11(13)17)12-8-21-15(19-12)10-4-5-18-14(16)7-10/h2-8H,1H3. The van der Waals surface area contributed by atoms with Crippen molar-refractivity contribution in [2.75, 3.05) is 7.11 Å². The lowest BCUT2D eigenvalue weighted by molar-refractivity contribution is 0.386. The fourth-order valence-electron chi connectivity index (χ4n) is 1.90. The van der Waals surface area contributed by atoms with E-state index in [0.717, 1.165) is 10.6 Å². The van der Waals surface area contributed by atoms with Gasteiger partial charge in [-0.05, 0) is 30.3 Å². The summed E-state index contributed by atoms with van der Waals surface area (Å²) in [5.74, 6) is -0.188. The van der Waals surface area contributed by atoms with Gasteiger partial charge in [0.25, 0.3) is 0 Å². The third-order valence-electron chi connectivity index (χ3n) is 2.93. The molecule has 0 aliphatic heterocycles. The lowest BCUT2D eigenvalue weighted by Crippen LogP contribution is -1.88. The average Bonchev–Trinajstić information content (AvgIpc) is 2.97. The number of hydrogen-bond donors (Lipinski definition) is 0. The van der Waals surface area contributed by atoms with Crippen molar-refractivity contribution >= 4 is 22.9 Å². The molecule has 3 nitrogen and oxygen atoms in total. The third kappa shape index (κ3) is 2.89. The van der Waals surface area contributed by atoms with E-state index < -0.39 is 5.82 Å². The Kier molecular flexibility index (Phi) is 3.86. The van der Waals surface area contributed by atoms with E-state index in [4.69, 9.17) is 16.3 Å². The van der Waals surface area contributed by atoms with Crippen LogP contribution in [0, 0.1) is 5.82 Å². The first kappa shape index (κ1) is 14.0. The summed E-state index contributed by atoms with van der Waals surface area (Å²) < 4.78 is 18.7. The Bertz CT molecular complexity index is 791. The second kappa shape index (κ2) is 5.79. The van der Waals surface area contributed by atoms with Crippen molar-refractivity contribution in [2.24, 2.45) is 0 Å². The number of methoxy groups -OCH3 is 1. The molecule has 1 aromatic carbocycles. The molecule has 0 aliphatic rings. The summed E-state index contributed by atoms with van der Waals surface area (Å²) in [6.07, 6.45) is 1.63. The van der Waals surface area contributed by atoms with Gasteiger partial charge in [-0.3, -0.25) is 0 Å². The number of thiazole rings is 1. The maximum Gasteiger partial charge on any atom is 0.165 e. The van der Waals surface area contributed by atoms with Crippen molar-refractivity contribution in [3.8, 4) is 27.6 Å². The van der Waals surface area contributed by atoms with Crippen LogP contribution in [0.5, 0.6) is 5.75 Å². The molecule has 0 radical (unpaired) electrons. The zero-order valence-corrected chi connectivity index (χ0v) is 12.6. The van der Waals surface area contributed by atoms with Crippen LogP contribution in [-0.4, -0.2) is 17.1 Å². The SMILES string of the molecule is COc1ccc(-c2csc(-c3ccnc(Cl)c3)n2)cc1F. The van der Waals surface area contributed by atoms with E-state index in [1.165, 1.54) is 24.5 Å². The normalized spacial score (nSPS) is 10.6. The van der Waals surface area contributed by atoms with Crippen molar-refractivity contribution in [3.63, 3.8) is 0 Å². The quantitative estimate of drug-likeness (QED) is 0.658. The number of aromatic nitrogens is 2. The number of nitrogens with zero attached hydrogens (tertiary/aromatic N) is 2. The first-order valence-corrected chi connectivity index (χ1v) is 7.34. The minimum absolute atomic E-state index is 0.218. The van der Waals surface area contributed by atoms with Gasteiger partial charge in [-0.1, -0.05) is 11.6 Å². The van der Waals surface area contributed by atoms with Crippen LogP contribution in [0.4, 0.5) is 4.39 Å². The largest absolute Gasteiger partial charge is 0.494 e. The summed E-state index contributed by atoms with van der Waals surface area (Å²) in [7, 11) is 1.44. The van der Waals surface area contributed by atoms with E-state index in [0.29, 0.717) is 16.4 Å². The van der Waals surface area contributed by atoms with Gasteiger partial charge in [0.15, 0.2) is 11.6 Å². The van der Waals surface area contributed by atoms with E-state index in [-0.39, 0.29) is 5.75 Å². The zero-order chi connectivity index (χ0) is 14.8. The Morgan fingerprint density at radius 2 is 2.05 bits per heavy atom. The van der Waals surface area contributed by atoms with Crippen LogP contribution >= 0.6 is 22.9 Å². The van der Waals surface area contributed by atoms with Gasteiger partial charge >= 0.3 is 0 Å². The fraction of sp³-hybridized carbons (Fsp3) is 0.0667. The summed E-state index contributed by atoms with van der Waals surface area (Å²) >= 11 is 7.35. The summed E-state index contributed by atoms with van der Waals surface area (Å²) in [6, 6.07) is 8.37. The van der Waals surface area contributed by atoms with Crippen LogP contribution < -0.4 is 4.74 Å². The average molecular weight is 321 g/mol. The van der Waals surface area contributed by atoms with Gasteiger partial charge in [0.05, 0.1) is 12.8 Å². The number of hydrogen-bond acceptors (Lipinski definition) is 4. The molecule has 0 spiro atoms. The van der Waals surface area contributed by atoms with Crippen LogP contribution in [0.15, 0.2) is 41.9 Å². The van der Waals surface area contributed by atoms with Crippen molar-refractivity contribution < 1.29 is 9.13 Å². The number of pyridine rings is 1. The molecule has 0 N–H and O–H groups in total. The zero-order valence-electron chi connectivity index (χ0n) is 11.0. The van der Waals surface area contributed by atoms with Gasteiger partial charge in [-0.25, -0.2) is 14.4 Å². The molecule has 106 valence electrons. The second-order valence-electron chi connectivity index (χ2n) is 4.25. The molecule has 0 aliphatic carbocycles. The molecule has 2 aromatic heterocycles. The Balaban J connectivity index is 1.96. The van der Waals surface area contributed by atoms with E-state index in [9.17, 15) is 4.39 Å². The van der Waals surface area contributed by atoms with Crippen LogP contribution in [0.1, 0.15) is 0 Å². The molecule has 6 heteroatoms. The fourth-order valence-corrected chi connectivity index (χ4v) is 2.90. The first-order valence-electron chi connectivity index (χ1n) is 6.09. The van der Waals surface area contributed by atoms with Gasteiger partial charge in [0.1, 0.15) is 10.2 Å². The molecule has 21 heavy (non-hydrogen) atoms. The summed E-state index contributed by atoms with van der Waals surface area (Å²) in [5, 5.41) is 3.11. The van der Waals surface area contributed by atoms with Gasteiger partial charge in [-0.2, -0.15) is 0 Å². The summed E-state index contributed by atoms with van der Waals surface area (Å²) in [5.41, 5.74) is 2.31. The van der Waals surface area contributed by atoms with Crippen molar-refractivity contribution in [2.45, 2.75) is 0 Å². The number of rotatable bonds is 3. The molecule has 0 fully saturated rings. The molecule has 3 aromatic rings. The Morgan fingerprint density at radius 1 is 1.19 bits per heavy atom. The van der Waals surface area contributed by atoms with Gasteiger partial charge in [0.2, 0.25) is 0 Å². The van der Waals surface area contributed by atoms with E-state index in [1.54, 1.807) is 24.4 Å². The third-order valence-corrected chi connectivity index (χ3v) is 4.02. The van der Waals surface area contributed by atoms with E-state index in [2.05, 4.69) is 9.97 Å². The highest BCUT2D eigenvalue weighted by molar-refractivity contribution is 7.13. The smallest absolute Gasteiger partial charge is 0.165 e. The molecular formula is C15H10ClFN2OS. The van der Waals surface area contributed by atoms with Gasteiger partial charge in [-0.15, -0.1) is 11.3 Å². The second-order valence-corrected chi connectivity index (χ2v) is 5.50. The number of benzene rings is 1. The van der Waals surface area contributed by atoms with Crippen molar-refractivity contribution in [3.05, 3.63) is 52.9 Å². The van der Waals surface area contributed by atoms with Gasteiger partial charge in [0, 0.05) is 22.7 Å². The van der Waals surface area contributed by atoms with E-state index >= 15 is 0 Å². The molecular weight excluding hydrogens is 311 g/mol. The van der Waals surface area contributed by atoms with Crippen molar-refractivity contribution in [1.82, 2.24) is 9.97 Å². The summed E-state index contributed by atoms with van der Waals surface area (Å²) in [6.45, 7) is 0. The van der Waals surface area contributed by atoms with Crippen LogP contribution in [0.25, 0.3) is 21.8 Å². The first-order chi connectivity index (χ1) is 10.2. The van der Waals surface area contributed by atoms with Crippen LogP contribution in [-0.2, 0) is 0 Å². The van der Waals surface area contributed by atoms with Crippen LogP contribution in [0.3, 0.4) is 0 Å². The van der Waals surface area contributed by atoms with Crippen LogP contribution in [0.2, 0.25) is 5.15 Å². The molecule has 0 unspecified atom stereocenters. The maximum atomic E-state index is 13.7. The minimum Gasteiger partial charge on any atom is -0.494 e. The molecule has 2 heterocycles. The minimum atomic E-state index is -0.406. The topological polar surface area (TPSA) is 35.0 Å². The highest BCUT2D eigenvalue weighted by atomic mass is 35.5. The number of halogens is 2. The molecule has 0 saturated carbocycles. The Labute approximate surface area is 130 Å². The number of ether oxygens (including phenoxy) is 1. The lowest BCUT2D eigenvalue weighted by Gasteiger charge is -2.03. The highest BCUT2D eigenvalue weighted by Crippen LogP contribution is 2.31. The van der Waals surface area contributed by atoms with Crippen molar-refractivity contribution in [1.29, 1.82) is 0 Å². The predicted octanol–water partition coefficient (Wildman–Crippen LogP) is 4.67. The molecule has 0 saturated heterocycles. The lowest BCUT2D eigenvalue weighted by atomic mass is 10.1. The molecule has 0 amide bonds. The molecule has 0 bridgehead atoms. The molecule has 0 atom stereocenters. The highest BCUT2D eigenvalue weighted by Gasteiger charge is 2.10. The Hall–Kier alpha value is -1.98. The monoisotopic (exact) mass is 320 g/mol. The molecule has 3 rings (SSSR count). The summed E-state index contributed by atoms with van der Waals surface area (Å²) in [4.78, 5) is 8.45. The Morgan fingerprint density at radius 3 is 2.76 bits per heavy atom. The predicted molar refractivity (Wildman–Crippen MR) is 82.3 cm³/mol. The van der Waals surface area contributed by atoms with Gasteiger partial charge < -0.3 is 4.74 Å².